The van der Waals surface area contributed by atoms with Gasteiger partial charge in [0.1, 0.15) is 5.75 Å². The number of benzene rings is 2. The second-order valence-corrected chi connectivity index (χ2v) is 5.73. The number of rotatable bonds is 9. The third-order valence-electron chi connectivity index (χ3n) is 3.83. The lowest BCUT2D eigenvalue weighted by atomic mass is 10.0. The van der Waals surface area contributed by atoms with E-state index in [1.807, 2.05) is 49.4 Å². The maximum absolute atomic E-state index is 12.2. The molecule has 0 atom stereocenters. The van der Waals surface area contributed by atoms with Gasteiger partial charge >= 0.3 is 5.97 Å². The molecule has 2 aromatic carbocycles. The van der Waals surface area contributed by atoms with Gasteiger partial charge in [-0.1, -0.05) is 50.5 Å². The van der Waals surface area contributed by atoms with Gasteiger partial charge in [0.05, 0.1) is 18.8 Å². The van der Waals surface area contributed by atoms with Crippen molar-refractivity contribution in [2.45, 2.75) is 39.5 Å². The van der Waals surface area contributed by atoms with Crippen LogP contribution in [0.2, 0.25) is 0 Å². The maximum atomic E-state index is 12.2. The standard InChI is InChI=1S/C21H26O3/c1-3-5-6-7-15-24-21(22)19-10-8-9-18(16-19)17-11-13-20(14-12-17)23-4-2/h8-14,16H,3-7,15H2,1-2H3. The fourth-order valence-electron chi connectivity index (χ4n) is 2.51. The van der Waals surface area contributed by atoms with Crippen LogP contribution in [-0.2, 0) is 4.74 Å². The quantitative estimate of drug-likeness (QED) is 0.451. The van der Waals surface area contributed by atoms with Crippen molar-refractivity contribution in [1.29, 1.82) is 0 Å². The molecule has 0 saturated heterocycles. The highest BCUT2D eigenvalue weighted by Gasteiger charge is 2.08. The van der Waals surface area contributed by atoms with Crippen molar-refractivity contribution >= 4 is 5.97 Å². The number of hydrogen-bond donors (Lipinski definition) is 0. The van der Waals surface area contributed by atoms with E-state index in [2.05, 4.69) is 6.92 Å². The van der Waals surface area contributed by atoms with Gasteiger partial charge in [0.15, 0.2) is 0 Å². The topological polar surface area (TPSA) is 35.5 Å². The van der Waals surface area contributed by atoms with Crippen LogP contribution in [0, 0.1) is 0 Å². The van der Waals surface area contributed by atoms with E-state index in [-0.39, 0.29) is 5.97 Å². The van der Waals surface area contributed by atoms with Crippen LogP contribution in [0.4, 0.5) is 0 Å². The van der Waals surface area contributed by atoms with Crippen LogP contribution < -0.4 is 4.74 Å². The van der Waals surface area contributed by atoms with Gasteiger partial charge in [0.2, 0.25) is 0 Å². The SMILES string of the molecule is CCCCCCOC(=O)c1cccc(-c2ccc(OCC)cc2)c1. The molecule has 0 unspecified atom stereocenters. The zero-order valence-electron chi connectivity index (χ0n) is 14.6. The van der Waals surface area contributed by atoms with Crippen molar-refractivity contribution in [2.75, 3.05) is 13.2 Å². The first-order valence-corrected chi connectivity index (χ1v) is 8.75. The summed E-state index contributed by atoms with van der Waals surface area (Å²) in [5.41, 5.74) is 2.64. The van der Waals surface area contributed by atoms with E-state index in [1.54, 1.807) is 6.07 Å². The van der Waals surface area contributed by atoms with Crippen LogP contribution in [0.5, 0.6) is 5.75 Å². The second-order valence-electron chi connectivity index (χ2n) is 5.73. The third kappa shape index (κ3) is 5.41. The number of esters is 1. The van der Waals surface area contributed by atoms with Crippen molar-refractivity contribution < 1.29 is 14.3 Å². The Kier molecular flexibility index (Phi) is 7.34. The molecule has 0 saturated carbocycles. The summed E-state index contributed by atoms with van der Waals surface area (Å²) in [6.45, 7) is 5.27. The van der Waals surface area contributed by atoms with Crippen molar-refractivity contribution in [3.63, 3.8) is 0 Å². The average molecular weight is 326 g/mol. The molecule has 0 aromatic heterocycles. The maximum Gasteiger partial charge on any atom is 0.338 e. The van der Waals surface area contributed by atoms with Crippen LogP contribution in [0.15, 0.2) is 48.5 Å². The van der Waals surface area contributed by atoms with Crippen molar-refractivity contribution in [2.24, 2.45) is 0 Å². The molecule has 0 heterocycles. The molecule has 3 heteroatoms. The van der Waals surface area contributed by atoms with Crippen LogP contribution >= 0.6 is 0 Å². The zero-order chi connectivity index (χ0) is 17.2. The Morgan fingerprint density at radius 1 is 0.917 bits per heavy atom. The minimum absolute atomic E-state index is 0.251. The van der Waals surface area contributed by atoms with Crippen molar-refractivity contribution in [1.82, 2.24) is 0 Å². The van der Waals surface area contributed by atoms with E-state index in [0.29, 0.717) is 18.8 Å². The summed E-state index contributed by atoms with van der Waals surface area (Å²) in [7, 11) is 0. The first-order valence-electron chi connectivity index (χ1n) is 8.75. The van der Waals surface area contributed by atoms with Gasteiger partial charge in [-0.2, -0.15) is 0 Å². The molecular weight excluding hydrogens is 300 g/mol. The van der Waals surface area contributed by atoms with E-state index >= 15 is 0 Å². The largest absolute Gasteiger partial charge is 0.494 e. The molecular formula is C21H26O3. The Morgan fingerprint density at radius 2 is 1.71 bits per heavy atom. The summed E-state index contributed by atoms with van der Waals surface area (Å²) >= 11 is 0. The number of carbonyl (C=O) groups excluding carboxylic acids is 1. The molecule has 0 fully saturated rings. The molecule has 0 bridgehead atoms. The van der Waals surface area contributed by atoms with Gasteiger partial charge in [0, 0.05) is 0 Å². The predicted molar refractivity (Wildman–Crippen MR) is 97.5 cm³/mol. The monoisotopic (exact) mass is 326 g/mol. The molecule has 24 heavy (non-hydrogen) atoms. The minimum atomic E-state index is -0.251. The molecule has 0 aliphatic carbocycles. The van der Waals surface area contributed by atoms with Crippen LogP contribution in [-0.4, -0.2) is 19.2 Å². The minimum Gasteiger partial charge on any atom is -0.494 e. The summed E-state index contributed by atoms with van der Waals surface area (Å²) < 4.78 is 10.8. The van der Waals surface area contributed by atoms with Crippen molar-refractivity contribution in [3.8, 4) is 16.9 Å². The van der Waals surface area contributed by atoms with Gasteiger partial charge in [-0.25, -0.2) is 4.79 Å². The van der Waals surface area contributed by atoms with Crippen LogP contribution in [0.25, 0.3) is 11.1 Å². The van der Waals surface area contributed by atoms with Gasteiger partial charge in [-0.15, -0.1) is 0 Å². The smallest absolute Gasteiger partial charge is 0.338 e. The van der Waals surface area contributed by atoms with Gasteiger partial charge in [0.25, 0.3) is 0 Å². The number of carbonyl (C=O) groups is 1. The number of ether oxygens (including phenoxy) is 2. The summed E-state index contributed by atoms with van der Waals surface area (Å²) in [5.74, 6) is 0.600. The number of unbranched alkanes of at least 4 members (excludes halogenated alkanes) is 3. The average Bonchev–Trinajstić information content (AvgIpc) is 2.62. The lowest BCUT2D eigenvalue weighted by Crippen LogP contribution is -2.06. The summed E-state index contributed by atoms with van der Waals surface area (Å²) in [4.78, 5) is 12.2. The lowest BCUT2D eigenvalue weighted by molar-refractivity contribution is 0.0498. The van der Waals surface area contributed by atoms with Crippen LogP contribution in [0.3, 0.4) is 0 Å². The highest BCUT2D eigenvalue weighted by atomic mass is 16.5. The third-order valence-corrected chi connectivity index (χ3v) is 3.83. The number of hydrogen-bond acceptors (Lipinski definition) is 3. The molecule has 0 aliphatic rings. The Labute approximate surface area is 144 Å². The lowest BCUT2D eigenvalue weighted by Gasteiger charge is -2.08. The molecule has 128 valence electrons. The van der Waals surface area contributed by atoms with E-state index in [9.17, 15) is 4.79 Å². The molecule has 0 aliphatic heterocycles. The van der Waals surface area contributed by atoms with Crippen LogP contribution in [0.1, 0.15) is 49.9 Å². The summed E-state index contributed by atoms with van der Waals surface area (Å²) in [6, 6.07) is 15.4. The second kappa shape index (κ2) is 9.76. The molecule has 0 spiro atoms. The summed E-state index contributed by atoms with van der Waals surface area (Å²) in [5, 5.41) is 0. The Morgan fingerprint density at radius 3 is 2.42 bits per heavy atom. The van der Waals surface area contributed by atoms with Gasteiger partial charge in [-0.3, -0.25) is 0 Å². The Bertz CT molecular complexity index is 632. The molecule has 0 radical (unpaired) electrons. The first-order chi connectivity index (χ1) is 11.7. The first kappa shape index (κ1) is 18.1. The predicted octanol–water partition coefficient (Wildman–Crippen LogP) is 5.49. The van der Waals surface area contributed by atoms with Gasteiger partial charge in [-0.05, 0) is 48.7 Å². The normalized spacial score (nSPS) is 10.4. The van der Waals surface area contributed by atoms with Crippen molar-refractivity contribution in [3.05, 3.63) is 54.1 Å². The molecule has 2 rings (SSSR count). The molecule has 3 nitrogen and oxygen atoms in total. The van der Waals surface area contributed by atoms with E-state index in [1.165, 1.54) is 12.8 Å². The molecule has 0 amide bonds. The van der Waals surface area contributed by atoms with E-state index in [4.69, 9.17) is 9.47 Å². The zero-order valence-corrected chi connectivity index (χ0v) is 14.6. The summed E-state index contributed by atoms with van der Waals surface area (Å²) in [6.07, 6.45) is 4.40. The fourth-order valence-corrected chi connectivity index (χ4v) is 2.51. The Balaban J connectivity index is 1.98. The highest BCUT2D eigenvalue weighted by molar-refractivity contribution is 5.91. The van der Waals surface area contributed by atoms with E-state index in [0.717, 1.165) is 29.7 Å². The Hall–Kier alpha value is -2.29. The fraction of sp³-hybridized carbons (Fsp3) is 0.381. The highest BCUT2D eigenvalue weighted by Crippen LogP contribution is 2.23. The molecule has 0 N–H and O–H groups in total. The van der Waals surface area contributed by atoms with E-state index < -0.39 is 0 Å². The van der Waals surface area contributed by atoms with Gasteiger partial charge < -0.3 is 9.47 Å². The molecule has 2 aromatic rings.